The largest absolute Gasteiger partial charge is 0.465 e. The number of carbonyl (C=O) groups excluding carboxylic acids is 1. The van der Waals surface area contributed by atoms with E-state index in [2.05, 4.69) is 0 Å². The van der Waals surface area contributed by atoms with Gasteiger partial charge in [-0.1, -0.05) is 17.7 Å². The van der Waals surface area contributed by atoms with Crippen molar-refractivity contribution in [2.24, 2.45) is 0 Å². The van der Waals surface area contributed by atoms with E-state index in [4.69, 9.17) is 22.1 Å². The minimum absolute atomic E-state index is 0.186. The average Bonchev–Trinajstić information content (AvgIpc) is 2.24. The summed E-state index contributed by atoms with van der Waals surface area (Å²) in [5, 5.41) is 0.555. The maximum Gasteiger partial charge on any atom is 0.315 e. The summed E-state index contributed by atoms with van der Waals surface area (Å²) in [5.41, 5.74) is 7.28. The highest BCUT2D eigenvalue weighted by Gasteiger charge is 2.03. The molecule has 0 amide bonds. The molecule has 1 aromatic rings. The Morgan fingerprint density at radius 1 is 1.56 bits per heavy atom. The van der Waals surface area contributed by atoms with Crippen molar-refractivity contribution in [1.82, 2.24) is 0 Å². The number of hydrogen-bond donors (Lipinski definition) is 1. The van der Waals surface area contributed by atoms with Crippen molar-refractivity contribution in [1.29, 1.82) is 0 Å². The lowest BCUT2D eigenvalue weighted by molar-refractivity contribution is -0.139. The molecule has 0 aliphatic carbocycles. The molecule has 0 saturated heterocycles. The Balaban J connectivity index is 2.37. The Hall–Kier alpha value is -0.870. The van der Waals surface area contributed by atoms with Crippen LogP contribution in [-0.2, 0) is 15.3 Å². The predicted molar refractivity (Wildman–Crippen MR) is 68.7 cm³/mol. The molecule has 0 atom stereocenters. The Kier molecular flexibility index (Phi) is 5.49. The molecular formula is C11H14ClNO2S. The first-order valence-corrected chi connectivity index (χ1v) is 6.44. The number of nitrogen functional groups attached to an aromatic ring is 1. The van der Waals surface area contributed by atoms with Crippen LogP contribution in [0.25, 0.3) is 0 Å². The van der Waals surface area contributed by atoms with Gasteiger partial charge in [0.05, 0.1) is 23.1 Å². The average molecular weight is 260 g/mol. The first-order chi connectivity index (χ1) is 7.63. The Bertz CT molecular complexity index is 371. The van der Waals surface area contributed by atoms with Gasteiger partial charge in [0.25, 0.3) is 0 Å². The summed E-state index contributed by atoms with van der Waals surface area (Å²) in [6.07, 6.45) is 0. The molecule has 0 fully saturated rings. The monoisotopic (exact) mass is 259 g/mol. The normalized spacial score (nSPS) is 10.1. The Labute approximate surface area is 104 Å². The standard InChI is InChI=1S/C11H14ClNO2S/c1-2-15-11(14)7-16-6-8-3-4-9(12)10(13)5-8/h3-5H,2,6-7,13H2,1H3. The summed E-state index contributed by atoms with van der Waals surface area (Å²) in [4.78, 5) is 11.1. The highest BCUT2D eigenvalue weighted by molar-refractivity contribution is 7.99. The highest BCUT2D eigenvalue weighted by atomic mass is 35.5. The Morgan fingerprint density at radius 3 is 2.94 bits per heavy atom. The van der Waals surface area contributed by atoms with Gasteiger partial charge in [0.15, 0.2) is 0 Å². The number of rotatable bonds is 5. The van der Waals surface area contributed by atoms with Gasteiger partial charge in [-0.05, 0) is 24.6 Å². The molecule has 5 heteroatoms. The van der Waals surface area contributed by atoms with Gasteiger partial charge in [0, 0.05) is 5.75 Å². The zero-order valence-corrected chi connectivity index (χ0v) is 10.6. The second-order valence-electron chi connectivity index (χ2n) is 3.15. The minimum Gasteiger partial charge on any atom is -0.465 e. The summed E-state index contributed by atoms with van der Waals surface area (Å²) in [6, 6.07) is 5.48. The van der Waals surface area contributed by atoms with Gasteiger partial charge in [-0.2, -0.15) is 0 Å². The molecule has 0 saturated carbocycles. The van der Waals surface area contributed by atoms with Gasteiger partial charge in [0.2, 0.25) is 0 Å². The number of halogens is 1. The molecule has 0 spiro atoms. The fourth-order valence-electron chi connectivity index (χ4n) is 1.14. The van der Waals surface area contributed by atoms with E-state index in [-0.39, 0.29) is 5.97 Å². The van der Waals surface area contributed by atoms with Crippen LogP contribution >= 0.6 is 23.4 Å². The molecule has 0 aliphatic rings. The van der Waals surface area contributed by atoms with Crippen LogP contribution in [0.1, 0.15) is 12.5 Å². The van der Waals surface area contributed by atoms with Crippen molar-refractivity contribution in [2.45, 2.75) is 12.7 Å². The lowest BCUT2D eigenvalue weighted by Gasteiger charge is -2.04. The summed E-state index contributed by atoms with van der Waals surface area (Å²) >= 11 is 7.30. The number of carbonyl (C=O) groups is 1. The highest BCUT2D eigenvalue weighted by Crippen LogP contribution is 2.22. The van der Waals surface area contributed by atoms with Crippen molar-refractivity contribution < 1.29 is 9.53 Å². The van der Waals surface area contributed by atoms with Gasteiger partial charge in [-0.15, -0.1) is 11.8 Å². The second-order valence-corrected chi connectivity index (χ2v) is 4.55. The van der Waals surface area contributed by atoms with Crippen molar-refractivity contribution in [2.75, 3.05) is 18.1 Å². The van der Waals surface area contributed by atoms with Crippen LogP contribution in [0.4, 0.5) is 5.69 Å². The SMILES string of the molecule is CCOC(=O)CSCc1ccc(Cl)c(N)c1. The van der Waals surface area contributed by atoms with Gasteiger partial charge in [0.1, 0.15) is 0 Å². The van der Waals surface area contributed by atoms with E-state index >= 15 is 0 Å². The quantitative estimate of drug-likeness (QED) is 0.653. The van der Waals surface area contributed by atoms with Gasteiger partial charge >= 0.3 is 5.97 Å². The van der Waals surface area contributed by atoms with Crippen molar-refractivity contribution >= 4 is 35.0 Å². The zero-order valence-electron chi connectivity index (χ0n) is 9.03. The van der Waals surface area contributed by atoms with Crippen LogP contribution in [0.15, 0.2) is 18.2 Å². The molecule has 88 valence electrons. The maximum atomic E-state index is 11.1. The van der Waals surface area contributed by atoms with Crippen LogP contribution in [0.5, 0.6) is 0 Å². The maximum absolute atomic E-state index is 11.1. The number of esters is 1. The van der Waals surface area contributed by atoms with E-state index in [1.54, 1.807) is 13.0 Å². The zero-order chi connectivity index (χ0) is 12.0. The van der Waals surface area contributed by atoms with Crippen molar-refractivity contribution in [3.63, 3.8) is 0 Å². The lowest BCUT2D eigenvalue weighted by atomic mass is 10.2. The fourth-order valence-corrected chi connectivity index (χ4v) is 2.02. The lowest BCUT2D eigenvalue weighted by Crippen LogP contribution is -2.06. The molecule has 0 radical (unpaired) electrons. The van der Waals surface area contributed by atoms with E-state index < -0.39 is 0 Å². The number of nitrogens with two attached hydrogens (primary N) is 1. The second kappa shape index (κ2) is 6.66. The first-order valence-electron chi connectivity index (χ1n) is 4.90. The third-order valence-corrected chi connectivity index (χ3v) is 3.18. The van der Waals surface area contributed by atoms with Gasteiger partial charge < -0.3 is 10.5 Å². The third-order valence-electron chi connectivity index (χ3n) is 1.85. The number of hydrogen-bond acceptors (Lipinski definition) is 4. The third kappa shape index (κ3) is 4.33. The van der Waals surface area contributed by atoms with Crippen LogP contribution in [0.3, 0.4) is 0 Å². The summed E-state index contributed by atoms with van der Waals surface area (Å²) in [7, 11) is 0. The molecule has 3 nitrogen and oxygen atoms in total. The smallest absolute Gasteiger partial charge is 0.315 e. The molecule has 0 aliphatic heterocycles. The van der Waals surface area contributed by atoms with Crippen LogP contribution in [0.2, 0.25) is 5.02 Å². The Morgan fingerprint density at radius 2 is 2.31 bits per heavy atom. The molecule has 0 heterocycles. The molecule has 2 N–H and O–H groups in total. The van der Waals surface area contributed by atoms with E-state index in [1.165, 1.54) is 11.8 Å². The molecule has 0 bridgehead atoms. The number of ether oxygens (including phenoxy) is 1. The predicted octanol–water partition coefficient (Wildman–Crippen LogP) is 2.72. The van der Waals surface area contributed by atoms with E-state index in [9.17, 15) is 4.79 Å². The van der Waals surface area contributed by atoms with Gasteiger partial charge in [-0.3, -0.25) is 4.79 Å². The number of benzene rings is 1. The van der Waals surface area contributed by atoms with E-state index in [1.807, 2.05) is 12.1 Å². The van der Waals surface area contributed by atoms with Crippen LogP contribution in [0, 0.1) is 0 Å². The number of anilines is 1. The fraction of sp³-hybridized carbons (Fsp3) is 0.364. The summed E-state index contributed by atoms with van der Waals surface area (Å²) in [6.45, 7) is 2.22. The topological polar surface area (TPSA) is 52.3 Å². The molecule has 16 heavy (non-hydrogen) atoms. The summed E-state index contributed by atoms with van der Waals surface area (Å²) in [5.74, 6) is 0.894. The minimum atomic E-state index is -0.186. The van der Waals surface area contributed by atoms with Crippen molar-refractivity contribution in [3.8, 4) is 0 Å². The van der Waals surface area contributed by atoms with E-state index in [0.717, 1.165) is 11.3 Å². The van der Waals surface area contributed by atoms with Crippen molar-refractivity contribution in [3.05, 3.63) is 28.8 Å². The van der Waals surface area contributed by atoms with Crippen LogP contribution in [-0.4, -0.2) is 18.3 Å². The van der Waals surface area contributed by atoms with E-state index in [0.29, 0.717) is 23.1 Å². The molecular weight excluding hydrogens is 246 g/mol. The number of thioether (sulfide) groups is 1. The van der Waals surface area contributed by atoms with Crippen LogP contribution < -0.4 is 5.73 Å². The summed E-state index contributed by atoms with van der Waals surface area (Å²) < 4.78 is 4.82. The molecule has 1 aromatic carbocycles. The molecule has 1 rings (SSSR count). The van der Waals surface area contributed by atoms with Gasteiger partial charge in [-0.25, -0.2) is 0 Å². The molecule has 0 aromatic heterocycles. The molecule has 0 unspecified atom stereocenters. The first kappa shape index (κ1) is 13.2.